The van der Waals surface area contributed by atoms with E-state index in [1.54, 1.807) is 0 Å². The van der Waals surface area contributed by atoms with Gasteiger partial charge in [0.15, 0.2) is 0 Å². The van der Waals surface area contributed by atoms with Crippen molar-refractivity contribution in [2.24, 2.45) is 5.73 Å². The smallest absolute Gasteiger partial charge is 0.0959 e. The summed E-state index contributed by atoms with van der Waals surface area (Å²) in [5, 5.41) is 0. The Kier molecular flexibility index (Phi) is 3.32. The molecular formula is C11H15N3O. The van der Waals surface area contributed by atoms with Gasteiger partial charge in [-0.1, -0.05) is 12.1 Å². The fraction of sp³-hybridized carbons (Fsp3) is 0.364. The van der Waals surface area contributed by atoms with Crippen LogP contribution in [0.4, 0.5) is 0 Å². The lowest BCUT2D eigenvalue weighted by Gasteiger charge is -2.04. The van der Waals surface area contributed by atoms with Crippen LogP contribution in [0.1, 0.15) is 0 Å². The van der Waals surface area contributed by atoms with Crippen molar-refractivity contribution in [3.8, 4) is 0 Å². The van der Waals surface area contributed by atoms with E-state index in [4.69, 9.17) is 10.5 Å². The molecule has 2 N–H and O–H groups in total. The van der Waals surface area contributed by atoms with Crippen LogP contribution in [0.3, 0.4) is 0 Å². The fourth-order valence-corrected chi connectivity index (χ4v) is 1.54. The molecule has 1 heterocycles. The molecule has 0 saturated carbocycles. The summed E-state index contributed by atoms with van der Waals surface area (Å²) in [6, 6.07) is 8.07. The van der Waals surface area contributed by atoms with Crippen molar-refractivity contribution in [2.75, 3.05) is 19.8 Å². The van der Waals surface area contributed by atoms with E-state index in [1.165, 1.54) is 0 Å². The molecular weight excluding hydrogens is 190 g/mol. The first-order valence-corrected chi connectivity index (χ1v) is 5.09. The van der Waals surface area contributed by atoms with Crippen molar-refractivity contribution < 1.29 is 4.74 Å². The molecule has 0 aliphatic rings. The van der Waals surface area contributed by atoms with E-state index in [2.05, 4.69) is 15.6 Å². The summed E-state index contributed by atoms with van der Waals surface area (Å²) < 4.78 is 7.42. The molecule has 2 rings (SSSR count). The molecule has 0 bridgehead atoms. The van der Waals surface area contributed by atoms with E-state index in [-0.39, 0.29) is 0 Å². The van der Waals surface area contributed by atoms with Gasteiger partial charge in [0.25, 0.3) is 0 Å². The van der Waals surface area contributed by atoms with Gasteiger partial charge < -0.3 is 15.0 Å². The third kappa shape index (κ3) is 2.34. The quantitative estimate of drug-likeness (QED) is 0.741. The predicted molar refractivity (Wildman–Crippen MR) is 59.6 cm³/mol. The van der Waals surface area contributed by atoms with Crippen LogP contribution >= 0.6 is 0 Å². The van der Waals surface area contributed by atoms with Gasteiger partial charge >= 0.3 is 0 Å². The maximum Gasteiger partial charge on any atom is 0.0959 e. The number of nitrogens with zero attached hydrogens (tertiary/aromatic N) is 2. The van der Waals surface area contributed by atoms with E-state index >= 15 is 0 Å². The second-order valence-electron chi connectivity index (χ2n) is 3.33. The topological polar surface area (TPSA) is 53.1 Å². The Labute approximate surface area is 88.7 Å². The third-order valence-corrected chi connectivity index (χ3v) is 2.27. The van der Waals surface area contributed by atoms with E-state index in [1.807, 2.05) is 24.5 Å². The second kappa shape index (κ2) is 4.91. The predicted octanol–water partition coefficient (Wildman–Crippen LogP) is 1.01. The monoisotopic (exact) mass is 205 g/mol. The Morgan fingerprint density at radius 1 is 1.27 bits per heavy atom. The summed E-state index contributed by atoms with van der Waals surface area (Å²) >= 11 is 0. The lowest BCUT2D eigenvalue weighted by molar-refractivity contribution is 0.134. The summed E-state index contributed by atoms with van der Waals surface area (Å²) in [7, 11) is 0. The average Bonchev–Trinajstić information content (AvgIpc) is 2.68. The van der Waals surface area contributed by atoms with Gasteiger partial charge in [-0.25, -0.2) is 4.98 Å². The minimum Gasteiger partial charge on any atom is -0.378 e. The van der Waals surface area contributed by atoms with E-state index in [0.29, 0.717) is 19.8 Å². The third-order valence-electron chi connectivity index (χ3n) is 2.27. The second-order valence-corrected chi connectivity index (χ2v) is 3.33. The van der Waals surface area contributed by atoms with Crippen molar-refractivity contribution in [3.63, 3.8) is 0 Å². The SMILES string of the molecule is NCCOCCn1cnc2ccccc21. The molecule has 0 atom stereocenters. The molecule has 0 aliphatic heterocycles. The molecule has 0 radical (unpaired) electrons. The van der Waals surface area contributed by atoms with Gasteiger partial charge in [0, 0.05) is 13.1 Å². The zero-order valence-corrected chi connectivity index (χ0v) is 8.60. The highest BCUT2D eigenvalue weighted by molar-refractivity contribution is 5.74. The first kappa shape index (κ1) is 10.1. The molecule has 0 spiro atoms. The van der Waals surface area contributed by atoms with Crippen LogP contribution in [0.25, 0.3) is 11.0 Å². The van der Waals surface area contributed by atoms with Crippen LogP contribution < -0.4 is 5.73 Å². The molecule has 1 aromatic heterocycles. The molecule has 0 amide bonds. The van der Waals surface area contributed by atoms with Crippen molar-refractivity contribution >= 4 is 11.0 Å². The van der Waals surface area contributed by atoms with Crippen LogP contribution in [0, 0.1) is 0 Å². The van der Waals surface area contributed by atoms with Gasteiger partial charge in [0.05, 0.1) is 30.6 Å². The number of nitrogens with two attached hydrogens (primary N) is 1. The van der Waals surface area contributed by atoms with Crippen LogP contribution in [0.15, 0.2) is 30.6 Å². The number of aromatic nitrogens is 2. The molecule has 4 heteroatoms. The number of ether oxygens (including phenoxy) is 1. The zero-order chi connectivity index (χ0) is 10.5. The molecule has 0 aliphatic carbocycles. The van der Waals surface area contributed by atoms with Gasteiger partial charge in [-0.2, -0.15) is 0 Å². The molecule has 2 aromatic rings. The molecule has 1 aromatic carbocycles. The summed E-state index contributed by atoms with van der Waals surface area (Å²) in [5.41, 5.74) is 7.51. The zero-order valence-electron chi connectivity index (χ0n) is 8.60. The van der Waals surface area contributed by atoms with Gasteiger partial charge in [-0.3, -0.25) is 0 Å². The fourth-order valence-electron chi connectivity index (χ4n) is 1.54. The molecule has 4 nitrogen and oxygen atoms in total. The van der Waals surface area contributed by atoms with Gasteiger partial charge in [-0.15, -0.1) is 0 Å². The first-order valence-electron chi connectivity index (χ1n) is 5.09. The van der Waals surface area contributed by atoms with Crippen molar-refractivity contribution in [2.45, 2.75) is 6.54 Å². The maximum absolute atomic E-state index is 5.33. The highest BCUT2D eigenvalue weighted by Crippen LogP contribution is 2.11. The van der Waals surface area contributed by atoms with Gasteiger partial charge in [0.1, 0.15) is 0 Å². The first-order chi connectivity index (χ1) is 7.42. The Morgan fingerprint density at radius 3 is 3.00 bits per heavy atom. The number of imidazole rings is 1. The van der Waals surface area contributed by atoms with Crippen LogP contribution in [-0.2, 0) is 11.3 Å². The highest BCUT2D eigenvalue weighted by atomic mass is 16.5. The molecule has 0 fully saturated rings. The minimum absolute atomic E-state index is 0.574. The van der Waals surface area contributed by atoms with Crippen LogP contribution in [0.2, 0.25) is 0 Å². The number of rotatable bonds is 5. The Hall–Kier alpha value is -1.39. The average molecular weight is 205 g/mol. The highest BCUT2D eigenvalue weighted by Gasteiger charge is 1.99. The van der Waals surface area contributed by atoms with E-state index in [9.17, 15) is 0 Å². The molecule has 15 heavy (non-hydrogen) atoms. The largest absolute Gasteiger partial charge is 0.378 e. The maximum atomic E-state index is 5.33. The number of benzene rings is 1. The molecule has 0 unspecified atom stereocenters. The van der Waals surface area contributed by atoms with Gasteiger partial charge in [0.2, 0.25) is 0 Å². The minimum atomic E-state index is 0.574. The number of fused-ring (bicyclic) bond motifs is 1. The van der Waals surface area contributed by atoms with Crippen molar-refractivity contribution in [1.29, 1.82) is 0 Å². The van der Waals surface area contributed by atoms with E-state index < -0.39 is 0 Å². The molecule has 0 saturated heterocycles. The summed E-state index contributed by atoms with van der Waals surface area (Å²) in [6.45, 7) is 2.69. The lowest BCUT2D eigenvalue weighted by atomic mass is 10.3. The summed E-state index contributed by atoms with van der Waals surface area (Å²) in [5.74, 6) is 0. The number of para-hydroxylation sites is 2. The standard InChI is InChI=1S/C11H15N3O/c12-5-7-15-8-6-14-9-13-10-3-1-2-4-11(10)14/h1-4,9H,5-8,12H2. The van der Waals surface area contributed by atoms with E-state index in [0.717, 1.165) is 17.6 Å². The molecule has 80 valence electrons. The normalized spacial score (nSPS) is 11.0. The Balaban J connectivity index is 2.02. The van der Waals surface area contributed by atoms with Crippen LogP contribution in [-0.4, -0.2) is 29.3 Å². The van der Waals surface area contributed by atoms with Crippen LogP contribution in [0.5, 0.6) is 0 Å². The Morgan fingerprint density at radius 2 is 2.13 bits per heavy atom. The summed E-state index contributed by atoms with van der Waals surface area (Å²) in [4.78, 5) is 4.30. The number of hydrogen-bond donors (Lipinski definition) is 1. The Bertz CT molecular complexity index is 424. The number of hydrogen-bond acceptors (Lipinski definition) is 3. The lowest BCUT2D eigenvalue weighted by Crippen LogP contribution is -2.12. The van der Waals surface area contributed by atoms with Crippen molar-refractivity contribution in [3.05, 3.63) is 30.6 Å². The van der Waals surface area contributed by atoms with Crippen molar-refractivity contribution in [1.82, 2.24) is 9.55 Å². The van der Waals surface area contributed by atoms with Gasteiger partial charge in [-0.05, 0) is 12.1 Å². The summed E-state index contributed by atoms with van der Waals surface area (Å²) in [6.07, 6.45) is 1.84.